The van der Waals surface area contributed by atoms with Crippen molar-refractivity contribution in [2.24, 2.45) is 5.92 Å². The molecule has 0 aromatic carbocycles. The number of ether oxygens (including phenoxy) is 2. The summed E-state index contributed by atoms with van der Waals surface area (Å²) in [4.78, 5) is 22.0. The van der Waals surface area contributed by atoms with Gasteiger partial charge >= 0.3 is 24.3 Å². The van der Waals surface area contributed by atoms with Gasteiger partial charge in [-0.25, -0.2) is 0 Å². The Hall–Kier alpha value is -1.48. The number of halogens is 6. The minimum atomic E-state index is -4.69. The molecule has 0 rings (SSSR count). The van der Waals surface area contributed by atoms with Gasteiger partial charge in [-0.3, -0.25) is 9.59 Å². The van der Waals surface area contributed by atoms with E-state index in [1.54, 1.807) is 0 Å². The van der Waals surface area contributed by atoms with E-state index in [2.05, 4.69) is 4.74 Å². The molecule has 0 heterocycles. The molecule has 0 aliphatic rings. The Morgan fingerprint density at radius 3 is 1.78 bits per heavy atom. The third kappa shape index (κ3) is 12.7. The highest BCUT2D eigenvalue weighted by Gasteiger charge is 2.36. The molecular formula is C13H18F6O4. The molecule has 0 aromatic heterocycles. The van der Waals surface area contributed by atoms with Crippen LogP contribution in [0.15, 0.2) is 0 Å². The highest BCUT2D eigenvalue weighted by molar-refractivity contribution is 5.70. The van der Waals surface area contributed by atoms with Gasteiger partial charge in [0.05, 0.1) is 6.61 Å². The SMILES string of the molecule is CC(COC(=O)CC(F)(F)F)CC(C)(C)OC(=O)CC(F)(F)F. The Kier molecular flexibility index (Phi) is 7.36. The maximum absolute atomic E-state index is 12.0. The van der Waals surface area contributed by atoms with E-state index < -0.39 is 48.7 Å². The van der Waals surface area contributed by atoms with Crippen molar-refractivity contribution in [2.75, 3.05) is 6.61 Å². The smallest absolute Gasteiger partial charge is 0.399 e. The molecule has 0 fully saturated rings. The number of esters is 2. The summed E-state index contributed by atoms with van der Waals surface area (Å²) in [6, 6.07) is 0. The Morgan fingerprint density at radius 1 is 0.913 bits per heavy atom. The minimum Gasteiger partial charge on any atom is -0.465 e. The number of hydrogen-bond donors (Lipinski definition) is 0. The predicted molar refractivity (Wildman–Crippen MR) is 66.3 cm³/mol. The standard InChI is InChI=1S/C13H18F6O4/c1-8(7-22-9(20)5-12(14,15)16)4-11(2,3)23-10(21)6-13(17,18)19/h8H,4-7H2,1-3H3. The molecule has 4 nitrogen and oxygen atoms in total. The van der Waals surface area contributed by atoms with Crippen molar-refractivity contribution in [3.8, 4) is 0 Å². The minimum absolute atomic E-state index is 0.00982. The maximum Gasteiger partial charge on any atom is 0.399 e. The number of hydrogen-bond acceptors (Lipinski definition) is 4. The van der Waals surface area contributed by atoms with Gasteiger partial charge in [0.1, 0.15) is 18.4 Å². The van der Waals surface area contributed by atoms with Crippen LogP contribution in [-0.4, -0.2) is 36.5 Å². The lowest BCUT2D eigenvalue weighted by Crippen LogP contribution is -2.33. The van der Waals surface area contributed by atoms with E-state index in [1.807, 2.05) is 0 Å². The lowest BCUT2D eigenvalue weighted by molar-refractivity contribution is -0.184. The van der Waals surface area contributed by atoms with Gasteiger partial charge in [0.2, 0.25) is 0 Å². The summed E-state index contributed by atoms with van der Waals surface area (Å²) in [7, 11) is 0. The second-order valence-electron chi connectivity index (χ2n) is 5.81. The molecule has 0 bridgehead atoms. The molecule has 0 aliphatic heterocycles. The zero-order chi connectivity index (χ0) is 18.5. The number of carbonyl (C=O) groups excluding carboxylic acids is 2. The van der Waals surface area contributed by atoms with Crippen molar-refractivity contribution < 1.29 is 45.4 Å². The van der Waals surface area contributed by atoms with Crippen LogP contribution in [-0.2, 0) is 19.1 Å². The quantitative estimate of drug-likeness (QED) is 0.517. The second kappa shape index (κ2) is 7.87. The van der Waals surface area contributed by atoms with Crippen LogP contribution >= 0.6 is 0 Å². The van der Waals surface area contributed by atoms with Crippen LogP contribution in [0.2, 0.25) is 0 Å². The Morgan fingerprint density at radius 2 is 1.35 bits per heavy atom. The van der Waals surface area contributed by atoms with Crippen LogP contribution in [0.25, 0.3) is 0 Å². The highest BCUT2D eigenvalue weighted by atomic mass is 19.4. The molecule has 10 heteroatoms. The molecule has 23 heavy (non-hydrogen) atoms. The number of alkyl halides is 6. The third-order valence-corrected chi connectivity index (χ3v) is 2.45. The lowest BCUT2D eigenvalue weighted by atomic mass is 9.95. The van der Waals surface area contributed by atoms with Crippen LogP contribution in [0.4, 0.5) is 26.3 Å². The van der Waals surface area contributed by atoms with Crippen LogP contribution in [0, 0.1) is 5.92 Å². The third-order valence-electron chi connectivity index (χ3n) is 2.45. The first-order chi connectivity index (χ1) is 10.1. The summed E-state index contributed by atoms with van der Waals surface area (Å²) in [5.74, 6) is -3.42. The Labute approximate surface area is 129 Å². The van der Waals surface area contributed by atoms with Crippen molar-refractivity contribution in [1.29, 1.82) is 0 Å². The van der Waals surface area contributed by atoms with Gasteiger partial charge in [0.25, 0.3) is 0 Å². The van der Waals surface area contributed by atoms with Crippen LogP contribution < -0.4 is 0 Å². The summed E-state index contributed by atoms with van der Waals surface area (Å²) < 4.78 is 81.0. The first-order valence-electron chi connectivity index (χ1n) is 6.60. The summed E-state index contributed by atoms with van der Waals surface area (Å²) in [6.07, 6.45) is -12.8. The van der Waals surface area contributed by atoms with E-state index >= 15 is 0 Å². The lowest BCUT2D eigenvalue weighted by Gasteiger charge is -2.28. The first kappa shape index (κ1) is 21.5. The maximum atomic E-state index is 12.0. The van der Waals surface area contributed by atoms with Crippen LogP contribution in [0.3, 0.4) is 0 Å². The van der Waals surface area contributed by atoms with Crippen molar-refractivity contribution >= 4 is 11.9 Å². The Balaban J connectivity index is 4.29. The molecule has 0 spiro atoms. The van der Waals surface area contributed by atoms with Gasteiger partial charge in [0.15, 0.2) is 0 Å². The molecule has 0 radical (unpaired) electrons. The number of rotatable bonds is 7. The molecule has 0 aromatic rings. The molecule has 0 saturated heterocycles. The summed E-state index contributed by atoms with van der Waals surface area (Å²) in [5.41, 5.74) is -1.28. The molecule has 1 unspecified atom stereocenters. The van der Waals surface area contributed by atoms with Gasteiger partial charge in [-0.2, -0.15) is 26.3 Å². The molecule has 0 N–H and O–H groups in total. The van der Waals surface area contributed by atoms with E-state index in [0.717, 1.165) is 0 Å². The molecule has 136 valence electrons. The van der Waals surface area contributed by atoms with Crippen LogP contribution in [0.1, 0.15) is 40.0 Å². The van der Waals surface area contributed by atoms with E-state index in [9.17, 15) is 35.9 Å². The van der Waals surface area contributed by atoms with E-state index in [1.165, 1.54) is 20.8 Å². The van der Waals surface area contributed by atoms with E-state index in [-0.39, 0.29) is 13.0 Å². The normalized spacial score (nSPS) is 14.3. The zero-order valence-corrected chi connectivity index (χ0v) is 12.8. The summed E-state index contributed by atoms with van der Waals surface area (Å²) in [5, 5.41) is 0. The van der Waals surface area contributed by atoms with Crippen molar-refractivity contribution in [1.82, 2.24) is 0 Å². The fourth-order valence-corrected chi connectivity index (χ4v) is 1.90. The second-order valence-corrected chi connectivity index (χ2v) is 5.81. The van der Waals surface area contributed by atoms with Crippen molar-refractivity contribution in [3.05, 3.63) is 0 Å². The summed E-state index contributed by atoms with van der Waals surface area (Å²) in [6.45, 7) is 3.85. The molecule has 0 saturated carbocycles. The van der Waals surface area contributed by atoms with Gasteiger partial charge in [-0.15, -0.1) is 0 Å². The van der Waals surface area contributed by atoms with Gasteiger partial charge in [-0.05, 0) is 26.2 Å². The largest absolute Gasteiger partial charge is 0.465 e. The topological polar surface area (TPSA) is 52.6 Å². The molecule has 0 aliphatic carbocycles. The fourth-order valence-electron chi connectivity index (χ4n) is 1.90. The van der Waals surface area contributed by atoms with E-state index in [0.29, 0.717) is 0 Å². The fraction of sp³-hybridized carbons (Fsp3) is 0.846. The van der Waals surface area contributed by atoms with E-state index in [4.69, 9.17) is 4.74 Å². The summed E-state index contributed by atoms with van der Waals surface area (Å²) >= 11 is 0. The molecule has 1 atom stereocenters. The highest BCUT2D eigenvalue weighted by Crippen LogP contribution is 2.26. The van der Waals surface area contributed by atoms with Crippen LogP contribution in [0.5, 0.6) is 0 Å². The average Bonchev–Trinajstić information content (AvgIpc) is 2.18. The zero-order valence-electron chi connectivity index (χ0n) is 12.8. The Bertz CT molecular complexity index is 414. The first-order valence-corrected chi connectivity index (χ1v) is 6.60. The molecular weight excluding hydrogens is 334 g/mol. The van der Waals surface area contributed by atoms with Crippen molar-refractivity contribution in [3.63, 3.8) is 0 Å². The van der Waals surface area contributed by atoms with Gasteiger partial charge in [-0.1, -0.05) is 6.92 Å². The van der Waals surface area contributed by atoms with Gasteiger partial charge < -0.3 is 9.47 Å². The number of carbonyl (C=O) groups is 2. The monoisotopic (exact) mass is 352 g/mol. The van der Waals surface area contributed by atoms with Gasteiger partial charge in [0, 0.05) is 0 Å². The average molecular weight is 352 g/mol. The molecule has 0 amide bonds. The van der Waals surface area contributed by atoms with Crippen molar-refractivity contribution in [2.45, 2.75) is 58.0 Å². The predicted octanol–water partition coefficient (Wildman–Crippen LogP) is 3.78.